The molecule has 1 aliphatic heterocycles. The topological polar surface area (TPSA) is 88.6 Å². The minimum Gasteiger partial charge on any atom is -0.466 e. The highest BCUT2D eigenvalue weighted by Crippen LogP contribution is 2.35. The van der Waals surface area contributed by atoms with Crippen molar-refractivity contribution in [1.82, 2.24) is 9.99 Å². The van der Waals surface area contributed by atoms with Crippen LogP contribution in [0.1, 0.15) is 45.1 Å². The molecule has 7 nitrogen and oxygen atoms in total. The number of nitrogens with zero attached hydrogens (tertiary/aromatic N) is 2. The van der Waals surface area contributed by atoms with Gasteiger partial charge in [0.15, 0.2) is 0 Å². The van der Waals surface area contributed by atoms with Crippen LogP contribution in [-0.2, 0) is 25.3 Å². The van der Waals surface area contributed by atoms with E-state index in [9.17, 15) is 27.6 Å². The third-order valence-corrected chi connectivity index (χ3v) is 4.84. The van der Waals surface area contributed by atoms with Gasteiger partial charge in [-0.25, -0.2) is 4.98 Å². The molecule has 0 aromatic carbocycles. The Morgan fingerprint density at radius 1 is 1.31 bits per heavy atom. The van der Waals surface area contributed by atoms with E-state index in [-0.39, 0.29) is 18.7 Å². The SMILES string of the molecule is CCCCOC(=O)CCC1C(=O)N(Nc2ccc(C(F)(F)F)c(Cl)n2)C(=O)C1C. The number of hydrogen-bond donors (Lipinski definition) is 1. The lowest BCUT2D eigenvalue weighted by molar-refractivity contribution is -0.144. The van der Waals surface area contributed by atoms with Gasteiger partial charge in [0.05, 0.1) is 18.1 Å². The van der Waals surface area contributed by atoms with E-state index in [1.54, 1.807) is 6.92 Å². The zero-order chi connectivity index (χ0) is 21.8. The average Bonchev–Trinajstić information content (AvgIpc) is 2.83. The molecule has 0 aliphatic carbocycles. The van der Waals surface area contributed by atoms with Crippen molar-refractivity contribution in [2.75, 3.05) is 12.0 Å². The summed E-state index contributed by atoms with van der Waals surface area (Å²) in [6, 6.07) is 1.67. The first-order valence-electron chi connectivity index (χ1n) is 9.10. The highest BCUT2D eigenvalue weighted by Gasteiger charge is 2.45. The first-order chi connectivity index (χ1) is 13.6. The van der Waals surface area contributed by atoms with Crippen LogP contribution in [0.5, 0.6) is 0 Å². The summed E-state index contributed by atoms with van der Waals surface area (Å²) >= 11 is 5.56. The number of esters is 1. The van der Waals surface area contributed by atoms with Gasteiger partial charge in [0.2, 0.25) is 0 Å². The summed E-state index contributed by atoms with van der Waals surface area (Å²) in [5.74, 6) is -3.26. The Bertz CT molecular complexity index is 788. The van der Waals surface area contributed by atoms with Crippen LogP contribution in [0.2, 0.25) is 5.15 Å². The molecule has 160 valence electrons. The highest BCUT2D eigenvalue weighted by atomic mass is 35.5. The summed E-state index contributed by atoms with van der Waals surface area (Å²) < 4.78 is 43.3. The molecule has 11 heteroatoms. The number of hydrogen-bond acceptors (Lipinski definition) is 6. The first-order valence-corrected chi connectivity index (χ1v) is 9.47. The molecular formula is C18H21ClF3N3O4. The summed E-state index contributed by atoms with van der Waals surface area (Å²) in [5, 5.41) is -0.107. The molecule has 0 bridgehead atoms. The van der Waals surface area contributed by atoms with Crippen LogP contribution in [0, 0.1) is 11.8 Å². The summed E-state index contributed by atoms with van der Waals surface area (Å²) in [7, 11) is 0. The average molecular weight is 436 g/mol. The maximum atomic E-state index is 12.8. The lowest BCUT2D eigenvalue weighted by Crippen LogP contribution is -2.37. The van der Waals surface area contributed by atoms with Gasteiger partial charge in [0, 0.05) is 12.3 Å². The molecule has 0 spiro atoms. The van der Waals surface area contributed by atoms with E-state index in [1.807, 2.05) is 6.92 Å². The van der Waals surface area contributed by atoms with E-state index in [1.165, 1.54) is 0 Å². The molecule has 1 saturated heterocycles. The lowest BCUT2D eigenvalue weighted by atomic mass is 9.92. The minimum atomic E-state index is -4.67. The Hall–Kier alpha value is -2.36. The second-order valence-corrected chi connectivity index (χ2v) is 7.02. The molecular weight excluding hydrogens is 415 g/mol. The van der Waals surface area contributed by atoms with Crippen molar-refractivity contribution >= 4 is 35.2 Å². The van der Waals surface area contributed by atoms with Gasteiger partial charge in [-0.05, 0) is 25.0 Å². The third kappa shape index (κ3) is 5.59. The second kappa shape index (κ2) is 9.43. The van der Waals surface area contributed by atoms with Crippen molar-refractivity contribution in [3.8, 4) is 0 Å². The summed E-state index contributed by atoms with van der Waals surface area (Å²) in [4.78, 5) is 40.2. The zero-order valence-corrected chi connectivity index (χ0v) is 16.6. The number of rotatable bonds is 8. The summed E-state index contributed by atoms with van der Waals surface area (Å²) in [6.07, 6.45) is -2.95. The normalized spacial score (nSPS) is 19.6. The van der Waals surface area contributed by atoms with Crippen LogP contribution in [0.15, 0.2) is 12.1 Å². The van der Waals surface area contributed by atoms with Crippen LogP contribution in [-0.4, -0.2) is 34.4 Å². The van der Waals surface area contributed by atoms with E-state index < -0.39 is 46.5 Å². The standard InChI is InChI=1S/C18H21ClF3N3O4/c1-3-4-9-29-14(26)8-5-11-10(2)16(27)25(17(11)28)24-13-7-6-12(15(19)23-13)18(20,21)22/h6-7,10-11H,3-5,8-9H2,1-2H3,(H,23,24). The smallest absolute Gasteiger partial charge is 0.419 e. The van der Waals surface area contributed by atoms with Crippen LogP contribution >= 0.6 is 11.6 Å². The van der Waals surface area contributed by atoms with Gasteiger partial charge in [0.1, 0.15) is 11.0 Å². The molecule has 1 fully saturated rings. The molecule has 0 saturated carbocycles. The molecule has 1 aromatic heterocycles. The molecule has 0 radical (unpaired) electrons. The molecule has 2 rings (SSSR count). The number of halogens is 4. The lowest BCUT2D eigenvalue weighted by Gasteiger charge is -2.17. The van der Waals surface area contributed by atoms with Crippen molar-refractivity contribution < 1.29 is 32.3 Å². The summed E-state index contributed by atoms with van der Waals surface area (Å²) in [5.41, 5.74) is 1.28. The number of alkyl halides is 3. The van der Waals surface area contributed by atoms with Crippen molar-refractivity contribution in [3.05, 3.63) is 22.8 Å². The highest BCUT2D eigenvalue weighted by molar-refractivity contribution is 6.30. The molecule has 1 aliphatic rings. The van der Waals surface area contributed by atoms with Gasteiger partial charge in [-0.3, -0.25) is 19.8 Å². The third-order valence-electron chi connectivity index (χ3n) is 4.55. The second-order valence-electron chi connectivity index (χ2n) is 6.66. The van der Waals surface area contributed by atoms with E-state index in [4.69, 9.17) is 16.3 Å². The van der Waals surface area contributed by atoms with E-state index in [0.29, 0.717) is 17.7 Å². The van der Waals surface area contributed by atoms with E-state index >= 15 is 0 Å². The van der Waals surface area contributed by atoms with Gasteiger partial charge in [0.25, 0.3) is 11.8 Å². The number of anilines is 1. The monoisotopic (exact) mass is 435 g/mol. The number of nitrogens with one attached hydrogen (secondary N) is 1. The predicted octanol–water partition coefficient (Wildman–Crippen LogP) is 3.83. The van der Waals surface area contributed by atoms with Gasteiger partial charge in [-0.2, -0.15) is 18.2 Å². The Morgan fingerprint density at radius 2 is 2.00 bits per heavy atom. The Labute approximate surface area is 170 Å². The molecule has 2 heterocycles. The van der Waals surface area contributed by atoms with Crippen LogP contribution < -0.4 is 5.43 Å². The number of unbranched alkanes of at least 4 members (excludes halogenated alkanes) is 1. The van der Waals surface area contributed by atoms with E-state index in [0.717, 1.165) is 18.9 Å². The predicted molar refractivity (Wildman–Crippen MR) is 97.5 cm³/mol. The number of carbonyl (C=O) groups is 3. The quantitative estimate of drug-likeness (QED) is 0.289. The van der Waals surface area contributed by atoms with E-state index in [2.05, 4.69) is 10.4 Å². The first kappa shape index (κ1) is 22.9. The van der Waals surface area contributed by atoms with Crippen molar-refractivity contribution in [3.63, 3.8) is 0 Å². The fourth-order valence-electron chi connectivity index (χ4n) is 2.85. The number of amides is 2. The van der Waals surface area contributed by atoms with Crippen molar-refractivity contribution in [2.45, 2.75) is 45.7 Å². The molecule has 1 N–H and O–H groups in total. The Balaban J connectivity index is 2.02. The van der Waals surface area contributed by atoms with Crippen molar-refractivity contribution in [2.24, 2.45) is 11.8 Å². The molecule has 1 aromatic rings. The number of hydrazine groups is 1. The number of ether oxygens (including phenoxy) is 1. The molecule has 2 atom stereocenters. The molecule has 29 heavy (non-hydrogen) atoms. The fourth-order valence-corrected chi connectivity index (χ4v) is 3.11. The minimum absolute atomic E-state index is 0.0179. The zero-order valence-electron chi connectivity index (χ0n) is 15.9. The number of carbonyl (C=O) groups excluding carboxylic acids is 3. The van der Waals surface area contributed by atoms with Crippen LogP contribution in [0.3, 0.4) is 0 Å². The van der Waals surface area contributed by atoms with Crippen molar-refractivity contribution in [1.29, 1.82) is 0 Å². The largest absolute Gasteiger partial charge is 0.466 e. The number of aromatic nitrogens is 1. The van der Waals surface area contributed by atoms with Gasteiger partial charge in [-0.1, -0.05) is 31.9 Å². The van der Waals surface area contributed by atoms with Gasteiger partial charge < -0.3 is 4.74 Å². The Morgan fingerprint density at radius 3 is 2.59 bits per heavy atom. The maximum absolute atomic E-state index is 12.8. The maximum Gasteiger partial charge on any atom is 0.419 e. The van der Waals surface area contributed by atoms with Crippen LogP contribution in [0.4, 0.5) is 19.0 Å². The molecule has 2 unspecified atom stereocenters. The Kier molecular flexibility index (Phi) is 7.45. The number of imide groups is 1. The van der Waals surface area contributed by atoms with Crippen LogP contribution in [0.25, 0.3) is 0 Å². The summed E-state index contributed by atoms with van der Waals surface area (Å²) in [6.45, 7) is 3.80. The van der Waals surface area contributed by atoms with Gasteiger partial charge in [-0.15, -0.1) is 0 Å². The molecule has 2 amide bonds. The fraction of sp³-hybridized carbons (Fsp3) is 0.556. The number of pyridine rings is 1. The van der Waals surface area contributed by atoms with Gasteiger partial charge >= 0.3 is 12.1 Å².